The Morgan fingerprint density at radius 1 is 1.12 bits per heavy atom. The maximum Gasteiger partial charge on any atom is 0.326 e. The normalized spacial score (nSPS) is 24.2. The van der Waals surface area contributed by atoms with Crippen LogP contribution in [0.25, 0.3) is 0 Å². The Labute approximate surface area is 151 Å². The van der Waals surface area contributed by atoms with Crippen LogP contribution in [-0.4, -0.2) is 82.1 Å². The van der Waals surface area contributed by atoms with Crippen LogP contribution in [0.1, 0.15) is 25.7 Å². The molecule has 3 atom stereocenters. The smallest absolute Gasteiger partial charge is 0.326 e. The third-order valence-corrected chi connectivity index (χ3v) is 5.02. The van der Waals surface area contributed by atoms with Crippen molar-refractivity contribution in [3.8, 4) is 0 Å². The molecule has 2 saturated heterocycles. The third-order valence-electron chi connectivity index (χ3n) is 4.63. The zero-order valence-corrected chi connectivity index (χ0v) is 14.8. The van der Waals surface area contributed by atoms with Crippen LogP contribution in [0.2, 0.25) is 0 Å². The first kappa shape index (κ1) is 19.5. The molecule has 0 radical (unpaired) electrons. The standard InChI is InChI=1S/C15H24N4O5S/c16-9(8-25)13(21)17-7-12(20)18-5-1-3-10(18)14(22)19-6-2-4-11(19)15(23)24/h9-11,25H,1-8,16H2,(H,17,21)(H,23,24). The molecule has 3 amide bonds. The molecular weight excluding hydrogens is 348 g/mol. The van der Waals surface area contributed by atoms with Crippen LogP contribution in [0, 0.1) is 0 Å². The van der Waals surface area contributed by atoms with E-state index in [2.05, 4.69) is 17.9 Å². The predicted molar refractivity (Wildman–Crippen MR) is 91.9 cm³/mol. The van der Waals surface area contributed by atoms with Gasteiger partial charge in [-0.05, 0) is 25.7 Å². The van der Waals surface area contributed by atoms with Gasteiger partial charge in [-0.1, -0.05) is 0 Å². The van der Waals surface area contributed by atoms with E-state index < -0.39 is 30.0 Å². The van der Waals surface area contributed by atoms with E-state index >= 15 is 0 Å². The zero-order valence-electron chi connectivity index (χ0n) is 13.9. The van der Waals surface area contributed by atoms with Crippen LogP contribution in [0.4, 0.5) is 0 Å². The first-order chi connectivity index (χ1) is 11.9. The summed E-state index contributed by atoms with van der Waals surface area (Å²) in [6, 6.07) is -2.28. The predicted octanol–water partition coefficient (Wildman–Crippen LogP) is -1.57. The van der Waals surface area contributed by atoms with Crippen LogP contribution < -0.4 is 11.1 Å². The molecule has 0 aromatic rings. The summed E-state index contributed by atoms with van der Waals surface area (Å²) in [4.78, 5) is 50.8. The number of carbonyl (C=O) groups is 4. The lowest BCUT2D eigenvalue weighted by Crippen LogP contribution is -2.53. The van der Waals surface area contributed by atoms with Gasteiger partial charge in [-0.2, -0.15) is 12.6 Å². The van der Waals surface area contributed by atoms with Gasteiger partial charge in [0.2, 0.25) is 17.7 Å². The second kappa shape index (κ2) is 8.52. The Kier molecular flexibility index (Phi) is 6.65. The molecule has 9 nitrogen and oxygen atoms in total. The van der Waals surface area contributed by atoms with E-state index in [1.807, 2.05) is 0 Å². The minimum Gasteiger partial charge on any atom is -0.480 e. The van der Waals surface area contributed by atoms with Gasteiger partial charge >= 0.3 is 5.97 Å². The van der Waals surface area contributed by atoms with Crippen molar-refractivity contribution in [3.05, 3.63) is 0 Å². The Hall–Kier alpha value is -1.81. The van der Waals surface area contributed by atoms with Crippen LogP contribution in [0.3, 0.4) is 0 Å². The average molecular weight is 372 g/mol. The largest absolute Gasteiger partial charge is 0.480 e. The summed E-state index contributed by atoms with van der Waals surface area (Å²) >= 11 is 3.92. The quantitative estimate of drug-likeness (QED) is 0.416. The molecule has 0 aliphatic carbocycles. The molecule has 2 aliphatic heterocycles. The number of rotatable bonds is 6. The van der Waals surface area contributed by atoms with Gasteiger partial charge < -0.3 is 26.0 Å². The fraction of sp³-hybridized carbons (Fsp3) is 0.733. The summed E-state index contributed by atoms with van der Waals surface area (Å²) in [7, 11) is 0. The van der Waals surface area contributed by atoms with Gasteiger partial charge in [-0.25, -0.2) is 4.79 Å². The van der Waals surface area contributed by atoms with Crippen molar-refractivity contribution in [1.82, 2.24) is 15.1 Å². The van der Waals surface area contributed by atoms with Gasteiger partial charge in [0.05, 0.1) is 12.6 Å². The topological polar surface area (TPSA) is 133 Å². The summed E-state index contributed by atoms with van der Waals surface area (Å²) in [5.74, 6) is -2.03. The Balaban J connectivity index is 1.97. The number of nitrogens with zero attached hydrogens (tertiary/aromatic N) is 2. The van der Waals surface area contributed by atoms with Crippen molar-refractivity contribution in [2.24, 2.45) is 5.73 Å². The monoisotopic (exact) mass is 372 g/mol. The summed E-state index contributed by atoms with van der Waals surface area (Å²) in [6.07, 6.45) is 2.23. The Morgan fingerprint density at radius 3 is 2.32 bits per heavy atom. The molecule has 0 spiro atoms. The first-order valence-electron chi connectivity index (χ1n) is 8.33. The SMILES string of the molecule is NC(CS)C(=O)NCC(=O)N1CCCC1C(=O)N1CCCC1C(=O)O. The summed E-state index contributed by atoms with van der Waals surface area (Å²) in [6.45, 7) is 0.559. The third kappa shape index (κ3) is 4.43. The molecule has 140 valence electrons. The first-order valence-corrected chi connectivity index (χ1v) is 8.97. The highest BCUT2D eigenvalue weighted by Gasteiger charge is 2.42. The maximum atomic E-state index is 12.7. The van der Waals surface area contributed by atoms with Crippen molar-refractivity contribution in [1.29, 1.82) is 0 Å². The molecule has 2 heterocycles. The second-order valence-electron chi connectivity index (χ2n) is 6.28. The minimum atomic E-state index is -1.02. The maximum absolute atomic E-state index is 12.7. The fourth-order valence-electron chi connectivity index (χ4n) is 3.28. The van der Waals surface area contributed by atoms with Gasteiger partial charge in [0.1, 0.15) is 12.1 Å². The number of carbonyl (C=O) groups excluding carboxylic acids is 3. The van der Waals surface area contributed by atoms with Crippen LogP contribution in [0.5, 0.6) is 0 Å². The van der Waals surface area contributed by atoms with E-state index in [1.165, 1.54) is 9.80 Å². The van der Waals surface area contributed by atoms with Gasteiger partial charge in [0.15, 0.2) is 0 Å². The Bertz CT molecular complexity index is 558. The van der Waals surface area contributed by atoms with Crippen LogP contribution in [-0.2, 0) is 19.2 Å². The van der Waals surface area contributed by atoms with E-state index in [4.69, 9.17) is 5.73 Å². The van der Waals surface area contributed by atoms with Crippen molar-refractivity contribution in [2.45, 2.75) is 43.8 Å². The highest BCUT2D eigenvalue weighted by atomic mass is 32.1. The lowest BCUT2D eigenvalue weighted by molar-refractivity contribution is -0.151. The van der Waals surface area contributed by atoms with E-state index in [-0.39, 0.29) is 24.1 Å². The number of aliphatic carboxylic acids is 1. The number of hydrogen-bond acceptors (Lipinski definition) is 6. The number of amides is 3. The number of likely N-dealkylation sites (tertiary alicyclic amines) is 2. The molecule has 3 unspecified atom stereocenters. The highest BCUT2D eigenvalue weighted by molar-refractivity contribution is 7.80. The molecule has 0 aromatic carbocycles. The van der Waals surface area contributed by atoms with Crippen molar-refractivity contribution < 1.29 is 24.3 Å². The number of hydrogen-bond donors (Lipinski definition) is 4. The fourth-order valence-corrected chi connectivity index (χ4v) is 3.44. The molecule has 10 heteroatoms. The van der Waals surface area contributed by atoms with Crippen molar-refractivity contribution in [3.63, 3.8) is 0 Å². The number of nitrogens with one attached hydrogen (secondary N) is 1. The van der Waals surface area contributed by atoms with Crippen molar-refractivity contribution in [2.75, 3.05) is 25.4 Å². The number of carboxylic acids is 1. The summed E-state index contributed by atoms with van der Waals surface area (Å²) in [5, 5.41) is 11.7. The minimum absolute atomic E-state index is 0.163. The van der Waals surface area contributed by atoms with Gasteiger partial charge in [0, 0.05) is 18.8 Å². The molecule has 0 aromatic heterocycles. The molecule has 2 rings (SSSR count). The lowest BCUT2D eigenvalue weighted by atomic mass is 10.1. The number of nitrogens with two attached hydrogens (primary N) is 1. The van der Waals surface area contributed by atoms with E-state index in [1.54, 1.807) is 0 Å². The van der Waals surface area contributed by atoms with Crippen LogP contribution >= 0.6 is 12.6 Å². The Morgan fingerprint density at radius 2 is 1.72 bits per heavy atom. The molecular formula is C15H24N4O5S. The highest BCUT2D eigenvalue weighted by Crippen LogP contribution is 2.24. The van der Waals surface area contributed by atoms with E-state index in [9.17, 15) is 24.3 Å². The van der Waals surface area contributed by atoms with Crippen molar-refractivity contribution >= 4 is 36.3 Å². The molecule has 0 bridgehead atoms. The average Bonchev–Trinajstić information content (AvgIpc) is 3.26. The van der Waals surface area contributed by atoms with Gasteiger partial charge in [0.25, 0.3) is 0 Å². The van der Waals surface area contributed by atoms with Gasteiger partial charge in [-0.15, -0.1) is 0 Å². The number of carboxylic acid groups (broad SMARTS) is 1. The summed E-state index contributed by atoms with van der Waals surface area (Å²) in [5.41, 5.74) is 5.53. The molecule has 2 fully saturated rings. The van der Waals surface area contributed by atoms with Gasteiger partial charge in [-0.3, -0.25) is 14.4 Å². The molecule has 0 saturated carbocycles. The molecule has 25 heavy (non-hydrogen) atoms. The number of thiol groups is 1. The molecule has 2 aliphatic rings. The van der Waals surface area contributed by atoms with E-state index in [0.717, 1.165) is 0 Å². The summed E-state index contributed by atoms with van der Waals surface area (Å²) < 4.78 is 0. The zero-order chi connectivity index (χ0) is 18.6. The molecule has 4 N–H and O–H groups in total. The van der Waals surface area contributed by atoms with E-state index in [0.29, 0.717) is 38.8 Å². The second-order valence-corrected chi connectivity index (χ2v) is 6.65. The van der Waals surface area contributed by atoms with Crippen LogP contribution in [0.15, 0.2) is 0 Å². The lowest BCUT2D eigenvalue weighted by Gasteiger charge is -2.30.